The van der Waals surface area contributed by atoms with Gasteiger partial charge in [0.1, 0.15) is 17.3 Å². The number of cyclic esters (lactones) is 1. The first-order valence-corrected chi connectivity index (χ1v) is 8.38. The highest BCUT2D eigenvalue weighted by Gasteiger charge is 2.47. The minimum atomic E-state index is -1.38. The monoisotopic (exact) mass is 363 g/mol. The number of nitrogens with zero attached hydrogens (tertiary/aromatic N) is 1. The molecule has 0 saturated carbocycles. The number of carbonyl (C=O) groups excluding carboxylic acids is 3. The van der Waals surface area contributed by atoms with Crippen LogP contribution in [0.25, 0.3) is 0 Å². The van der Waals surface area contributed by atoms with Crippen molar-refractivity contribution in [3.8, 4) is 0 Å². The molecule has 0 spiro atoms. The first-order valence-electron chi connectivity index (χ1n) is 8.38. The zero-order chi connectivity index (χ0) is 19.3. The van der Waals surface area contributed by atoms with Crippen LogP contribution < -0.4 is 16.0 Å². The fraction of sp³-hybridized carbons (Fsp3) is 0.500. The molecule has 26 heavy (non-hydrogen) atoms. The Morgan fingerprint density at radius 1 is 1.42 bits per heavy atom. The molecule has 2 saturated heterocycles. The fourth-order valence-corrected chi connectivity index (χ4v) is 3.46. The van der Waals surface area contributed by atoms with E-state index in [1.807, 2.05) is 13.8 Å². The van der Waals surface area contributed by atoms with Crippen molar-refractivity contribution in [1.29, 1.82) is 0 Å². The smallest absolute Gasteiger partial charge is 0.407 e. The number of benzene rings is 1. The molecule has 0 bridgehead atoms. The number of ketones is 1. The summed E-state index contributed by atoms with van der Waals surface area (Å²) in [4.78, 5) is 37.2. The summed E-state index contributed by atoms with van der Waals surface area (Å²) < 4.78 is 19.9. The number of ether oxygens (including phenoxy) is 1. The molecule has 8 heteroatoms. The van der Waals surface area contributed by atoms with Crippen LogP contribution in [-0.4, -0.2) is 43.5 Å². The first-order chi connectivity index (χ1) is 12.1. The van der Waals surface area contributed by atoms with Gasteiger partial charge in [-0.3, -0.25) is 9.59 Å². The lowest BCUT2D eigenvalue weighted by Crippen LogP contribution is -2.49. The van der Waals surface area contributed by atoms with Crippen molar-refractivity contribution in [2.45, 2.75) is 32.3 Å². The van der Waals surface area contributed by atoms with Gasteiger partial charge in [-0.25, -0.2) is 9.18 Å². The average Bonchev–Trinajstić information content (AvgIpc) is 3.10. The number of amides is 2. The molecule has 2 atom stereocenters. The van der Waals surface area contributed by atoms with Crippen LogP contribution in [-0.2, 0) is 19.7 Å². The Kier molecular flexibility index (Phi) is 4.17. The van der Waals surface area contributed by atoms with E-state index in [1.165, 1.54) is 19.1 Å². The molecule has 2 fully saturated rings. The van der Waals surface area contributed by atoms with Crippen molar-refractivity contribution in [2.24, 2.45) is 11.1 Å². The summed E-state index contributed by atoms with van der Waals surface area (Å²) >= 11 is 0. The third-order valence-electron chi connectivity index (χ3n) is 5.40. The second-order valence-corrected chi connectivity index (χ2v) is 7.67. The highest BCUT2D eigenvalue weighted by molar-refractivity contribution is 5.92. The van der Waals surface area contributed by atoms with E-state index >= 15 is 0 Å². The summed E-state index contributed by atoms with van der Waals surface area (Å²) in [6, 6.07) is 4.35. The molecule has 1 aromatic rings. The Morgan fingerprint density at radius 3 is 2.58 bits per heavy atom. The van der Waals surface area contributed by atoms with Gasteiger partial charge >= 0.3 is 6.09 Å². The number of nitrogens with one attached hydrogen (secondary N) is 1. The number of alkyl carbamates (subject to hydrolysis) is 1. The lowest BCUT2D eigenvalue weighted by atomic mass is 9.76. The van der Waals surface area contributed by atoms with E-state index in [4.69, 9.17) is 10.5 Å². The van der Waals surface area contributed by atoms with Crippen LogP contribution in [0.3, 0.4) is 0 Å². The van der Waals surface area contributed by atoms with Crippen LogP contribution in [0.4, 0.5) is 14.9 Å². The highest BCUT2D eigenvalue weighted by Crippen LogP contribution is 2.36. The summed E-state index contributed by atoms with van der Waals surface area (Å²) in [5.74, 6) is -1.23. The van der Waals surface area contributed by atoms with Crippen LogP contribution in [0.5, 0.6) is 0 Å². The lowest BCUT2D eigenvalue weighted by molar-refractivity contribution is -0.126. The maximum absolute atomic E-state index is 14.8. The Balaban J connectivity index is 1.94. The Bertz CT molecular complexity index is 795. The number of carbonyl (C=O) groups is 3. The normalized spacial score (nSPS) is 24.2. The number of hydrogen-bond acceptors (Lipinski definition) is 5. The van der Waals surface area contributed by atoms with Crippen molar-refractivity contribution in [2.75, 3.05) is 24.5 Å². The van der Waals surface area contributed by atoms with E-state index < -0.39 is 34.8 Å². The lowest BCUT2D eigenvalue weighted by Gasteiger charge is -2.31. The summed E-state index contributed by atoms with van der Waals surface area (Å²) in [7, 11) is 0. The number of Topliss-reactive ketones (excluding diaryl/α,β-unsaturated/α-hetero) is 1. The first kappa shape index (κ1) is 18.2. The highest BCUT2D eigenvalue weighted by atomic mass is 19.1. The van der Waals surface area contributed by atoms with E-state index in [-0.39, 0.29) is 18.9 Å². The largest absolute Gasteiger partial charge is 0.443 e. The fourth-order valence-electron chi connectivity index (χ4n) is 3.46. The van der Waals surface area contributed by atoms with Crippen molar-refractivity contribution < 1.29 is 23.5 Å². The molecule has 2 amide bonds. The predicted molar refractivity (Wildman–Crippen MR) is 92.2 cm³/mol. The number of nitrogens with two attached hydrogens (primary N) is 1. The van der Waals surface area contributed by atoms with Gasteiger partial charge in [0.05, 0.1) is 18.8 Å². The van der Waals surface area contributed by atoms with E-state index in [1.54, 1.807) is 11.0 Å². The minimum absolute atomic E-state index is 0.0480. The minimum Gasteiger partial charge on any atom is -0.443 e. The van der Waals surface area contributed by atoms with E-state index in [9.17, 15) is 18.8 Å². The summed E-state index contributed by atoms with van der Waals surface area (Å²) in [6.45, 7) is 5.84. The zero-order valence-corrected chi connectivity index (χ0v) is 15.0. The third kappa shape index (κ3) is 2.79. The molecule has 3 N–H and O–H groups in total. The molecular weight excluding hydrogens is 341 g/mol. The van der Waals surface area contributed by atoms with Crippen LogP contribution in [0.15, 0.2) is 18.2 Å². The summed E-state index contributed by atoms with van der Waals surface area (Å²) in [5.41, 5.74) is 4.26. The molecule has 0 radical (unpaired) electrons. The van der Waals surface area contributed by atoms with Gasteiger partial charge in [-0.15, -0.1) is 0 Å². The standard InChI is InChI=1S/C18H22FN3O4/c1-17(2)9-22(8-13(17)23)12-5-4-10(6-11(12)19)18(3,15(20)24)14-7-21-16(25)26-14/h4-6,14H,7-9H2,1-3H3,(H2,20,24)(H,21,25). The molecule has 1 aromatic carbocycles. The molecule has 0 aromatic heterocycles. The second kappa shape index (κ2) is 5.96. The zero-order valence-electron chi connectivity index (χ0n) is 15.0. The SMILES string of the molecule is CC1(C)CN(c2ccc(C(C)(C(N)=O)C3CNC(=O)O3)cc2F)CC1=O. The van der Waals surface area contributed by atoms with Gasteiger partial charge in [-0.2, -0.15) is 0 Å². The molecule has 7 nitrogen and oxygen atoms in total. The molecule has 2 heterocycles. The maximum Gasteiger partial charge on any atom is 0.407 e. The van der Waals surface area contributed by atoms with Gasteiger partial charge in [0.15, 0.2) is 5.78 Å². The number of hydrogen-bond donors (Lipinski definition) is 2. The van der Waals surface area contributed by atoms with E-state index in [0.717, 1.165) is 0 Å². The predicted octanol–water partition coefficient (Wildman–Crippen LogP) is 1.09. The van der Waals surface area contributed by atoms with Crippen LogP contribution in [0.2, 0.25) is 0 Å². The molecule has 3 rings (SSSR count). The molecule has 2 aliphatic rings. The Labute approximate surface area is 150 Å². The maximum atomic E-state index is 14.8. The Hall–Kier alpha value is -2.64. The number of anilines is 1. The topological polar surface area (TPSA) is 102 Å². The summed E-state index contributed by atoms with van der Waals surface area (Å²) in [5, 5.41) is 2.48. The quantitative estimate of drug-likeness (QED) is 0.834. The van der Waals surface area contributed by atoms with Crippen LogP contribution in [0, 0.1) is 11.2 Å². The number of primary amides is 1. The van der Waals surface area contributed by atoms with Gasteiger partial charge in [0.2, 0.25) is 5.91 Å². The molecule has 2 unspecified atom stereocenters. The van der Waals surface area contributed by atoms with Gasteiger partial charge < -0.3 is 20.7 Å². The molecule has 140 valence electrons. The van der Waals surface area contributed by atoms with Crippen LogP contribution >= 0.6 is 0 Å². The van der Waals surface area contributed by atoms with Gasteiger partial charge in [0.25, 0.3) is 0 Å². The van der Waals surface area contributed by atoms with Crippen molar-refractivity contribution in [3.05, 3.63) is 29.6 Å². The average molecular weight is 363 g/mol. The third-order valence-corrected chi connectivity index (χ3v) is 5.40. The van der Waals surface area contributed by atoms with Gasteiger partial charge in [-0.1, -0.05) is 19.9 Å². The molecular formula is C18H22FN3O4. The number of halogens is 1. The van der Waals surface area contributed by atoms with Gasteiger partial charge in [-0.05, 0) is 24.6 Å². The molecule has 0 aliphatic carbocycles. The van der Waals surface area contributed by atoms with Gasteiger partial charge in [0, 0.05) is 12.0 Å². The van der Waals surface area contributed by atoms with Crippen molar-refractivity contribution in [3.63, 3.8) is 0 Å². The summed E-state index contributed by atoms with van der Waals surface area (Å²) in [6.07, 6.45) is -1.47. The van der Waals surface area contributed by atoms with Crippen molar-refractivity contribution >= 4 is 23.5 Å². The Morgan fingerprint density at radius 2 is 2.12 bits per heavy atom. The number of rotatable bonds is 4. The van der Waals surface area contributed by atoms with Crippen molar-refractivity contribution in [1.82, 2.24) is 5.32 Å². The second-order valence-electron chi connectivity index (χ2n) is 7.67. The van der Waals surface area contributed by atoms with E-state index in [0.29, 0.717) is 17.8 Å². The molecule has 2 aliphatic heterocycles. The van der Waals surface area contributed by atoms with Crippen LogP contribution in [0.1, 0.15) is 26.3 Å². The van der Waals surface area contributed by atoms with E-state index in [2.05, 4.69) is 5.32 Å².